The standard InChI is InChI=1S/C23H25N3O2S/c1-3-16-6-10-18(11-7-16)25-23-26(19-12-13-19)22(28)20(29-23)14-21(27)24-17-8-4-15(2)5-9-17/h4-11,19-20H,3,12-14H2,1-2H3,(H,24,27)/t20-/m1/s1. The molecule has 29 heavy (non-hydrogen) atoms. The number of thioether (sulfide) groups is 1. The predicted octanol–water partition coefficient (Wildman–Crippen LogP) is 4.68. The van der Waals surface area contributed by atoms with Gasteiger partial charge in [-0.3, -0.25) is 14.5 Å². The molecule has 6 heteroatoms. The average Bonchev–Trinajstić information content (AvgIpc) is 3.50. The van der Waals surface area contributed by atoms with Crippen LogP contribution < -0.4 is 5.32 Å². The number of benzene rings is 2. The molecular weight excluding hydrogens is 382 g/mol. The van der Waals surface area contributed by atoms with E-state index in [4.69, 9.17) is 4.99 Å². The first-order valence-corrected chi connectivity index (χ1v) is 11.0. The molecule has 2 aromatic rings. The van der Waals surface area contributed by atoms with Crippen molar-refractivity contribution in [3.05, 3.63) is 59.7 Å². The summed E-state index contributed by atoms with van der Waals surface area (Å²) in [6, 6.07) is 16.0. The molecule has 0 aromatic heterocycles. The molecule has 0 bridgehead atoms. The topological polar surface area (TPSA) is 61.8 Å². The number of nitrogens with zero attached hydrogens (tertiary/aromatic N) is 2. The third-order valence-corrected chi connectivity index (χ3v) is 6.31. The first-order chi connectivity index (χ1) is 14.0. The molecule has 1 N–H and O–H groups in total. The van der Waals surface area contributed by atoms with Crippen molar-refractivity contribution in [2.24, 2.45) is 4.99 Å². The lowest BCUT2D eigenvalue weighted by molar-refractivity contribution is -0.128. The molecule has 1 atom stereocenters. The molecule has 1 saturated heterocycles. The van der Waals surface area contributed by atoms with E-state index in [9.17, 15) is 9.59 Å². The Labute approximate surface area is 175 Å². The van der Waals surface area contributed by atoms with Crippen LogP contribution in [0.4, 0.5) is 11.4 Å². The van der Waals surface area contributed by atoms with E-state index in [0.29, 0.717) is 0 Å². The second-order valence-corrected chi connectivity index (χ2v) is 8.75. The van der Waals surface area contributed by atoms with Gasteiger partial charge in [0, 0.05) is 18.2 Å². The highest BCUT2D eigenvalue weighted by molar-refractivity contribution is 8.15. The van der Waals surface area contributed by atoms with Gasteiger partial charge in [0.1, 0.15) is 5.25 Å². The maximum atomic E-state index is 13.0. The van der Waals surface area contributed by atoms with Gasteiger partial charge < -0.3 is 5.32 Å². The van der Waals surface area contributed by atoms with E-state index in [-0.39, 0.29) is 24.3 Å². The van der Waals surface area contributed by atoms with E-state index in [1.165, 1.54) is 17.3 Å². The van der Waals surface area contributed by atoms with Crippen molar-refractivity contribution >= 4 is 40.1 Å². The Hall–Kier alpha value is -2.60. The van der Waals surface area contributed by atoms with E-state index in [1.54, 1.807) is 0 Å². The van der Waals surface area contributed by atoms with Gasteiger partial charge in [-0.2, -0.15) is 0 Å². The summed E-state index contributed by atoms with van der Waals surface area (Å²) >= 11 is 1.41. The molecule has 1 aliphatic heterocycles. The quantitative estimate of drug-likeness (QED) is 0.756. The number of hydrogen-bond donors (Lipinski definition) is 1. The van der Waals surface area contributed by atoms with Crippen LogP contribution >= 0.6 is 11.8 Å². The summed E-state index contributed by atoms with van der Waals surface area (Å²) in [5.74, 6) is -0.149. The molecule has 0 radical (unpaired) electrons. The number of amidine groups is 1. The molecule has 2 aromatic carbocycles. The summed E-state index contributed by atoms with van der Waals surface area (Å²) in [6.45, 7) is 4.12. The number of aryl methyl sites for hydroxylation is 2. The van der Waals surface area contributed by atoms with Crippen LogP contribution in [0.1, 0.15) is 37.3 Å². The molecule has 2 aliphatic rings. The van der Waals surface area contributed by atoms with Crippen LogP contribution in [0.5, 0.6) is 0 Å². The van der Waals surface area contributed by atoms with Gasteiger partial charge in [-0.15, -0.1) is 0 Å². The molecule has 0 unspecified atom stereocenters. The van der Waals surface area contributed by atoms with Crippen LogP contribution in [-0.2, 0) is 16.0 Å². The molecule has 1 saturated carbocycles. The van der Waals surface area contributed by atoms with Gasteiger partial charge in [0.2, 0.25) is 11.8 Å². The fourth-order valence-corrected chi connectivity index (χ4v) is 4.51. The zero-order valence-corrected chi connectivity index (χ0v) is 17.5. The van der Waals surface area contributed by atoms with E-state index in [0.717, 1.165) is 41.4 Å². The summed E-state index contributed by atoms with van der Waals surface area (Å²) in [5, 5.41) is 3.19. The van der Waals surface area contributed by atoms with Gasteiger partial charge in [0.25, 0.3) is 0 Å². The van der Waals surface area contributed by atoms with E-state index >= 15 is 0 Å². The molecule has 4 rings (SSSR count). The SMILES string of the molecule is CCc1ccc(N=C2S[C@H](CC(=O)Nc3ccc(C)cc3)C(=O)N2C2CC2)cc1. The second-order valence-electron chi connectivity index (χ2n) is 7.58. The second kappa shape index (κ2) is 8.41. The fraction of sp³-hybridized carbons (Fsp3) is 0.348. The number of carbonyl (C=O) groups excluding carboxylic acids is 2. The highest BCUT2D eigenvalue weighted by Crippen LogP contribution is 2.39. The Morgan fingerprint density at radius 1 is 1.14 bits per heavy atom. The largest absolute Gasteiger partial charge is 0.326 e. The van der Waals surface area contributed by atoms with Crippen molar-refractivity contribution in [2.75, 3.05) is 5.32 Å². The molecule has 1 aliphatic carbocycles. The van der Waals surface area contributed by atoms with Gasteiger partial charge in [-0.1, -0.05) is 48.5 Å². The average molecular weight is 408 g/mol. The number of rotatable bonds is 6. The van der Waals surface area contributed by atoms with Crippen molar-refractivity contribution in [3.8, 4) is 0 Å². The van der Waals surface area contributed by atoms with Crippen LogP contribution in [0, 0.1) is 6.92 Å². The zero-order valence-electron chi connectivity index (χ0n) is 16.7. The number of amides is 2. The predicted molar refractivity (Wildman–Crippen MR) is 119 cm³/mol. The smallest absolute Gasteiger partial charge is 0.242 e. The van der Waals surface area contributed by atoms with Crippen molar-refractivity contribution in [1.29, 1.82) is 0 Å². The van der Waals surface area contributed by atoms with Gasteiger partial charge in [0.05, 0.1) is 5.69 Å². The van der Waals surface area contributed by atoms with Crippen molar-refractivity contribution in [2.45, 2.75) is 50.8 Å². The molecule has 5 nitrogen and oxygen atoms in total. The number of hydrogen-bond acceptors (Lipinski definition) is 4. The lowest BCUT2D eigenvalue weighted by Crippen LogP contribution is -2.35. The number of nitrogens with one attached hydrogen (secondary N) is 1. The van der Waals surface area contributed by atoms with Gasteiger partial charge in [-0.05, 0) is 56.0 Å². The number of aliphatic imine (C=N–C) groups is 1. The maximum absolute atomic E-state index is 13.0. The lowest BCUT2D eigenvalue weighted by Gasteiger charge is -2.15. The summed E-state index contributed by atoms with van der Waals surface area (Å²) in [5.41, 5.74) is 3.99. The first-order valence-electron chi connectivity index (χ1n) is 10.1. The van der Waals surface area contributed by atoms with E-state index in [2.05, 4.69) is 24.4 Å². The summed E-state index contributed by atoms with van der Waals surface area (Å²) in [6.07, 6.45) is 3.13. The van der Waals surface area contributed by atoms with Gasteiger partial charge >= 0.3 is 0 Å². The number of carbonyl (C=O) groups is 2. The van der Waals surface area contributed by atoms with Crippen LogP contribution in [0.3, 0.4) is 0 Å². The zero-order chi connectivity index (χ0) is 20.4. The fourth-order valence-electron chi connectivity index (χ4n) is 3.30. The molecule has 2 fully saturated rings. The van der Waals surface area contributed by atoms with E-state index in [1.807, 2.05) is 48.2 Å². The highest BCUT2D eigenvalue weighted by Gasteiger charge is 2.46. The van der Waals surface area contributed by atoms with Crippen molar-refractivity contribution < 1.29 is 9.59 Å². The van der Waals surface area contributed by atoms with Gasteiger partial charge in [-0.25, -0.2) is 4.99 Å². The molecule has 2 amide bonds. The Balaban J connectivity index is 1.47. The van der Waals surface area contributed by atoms with Crippen LogP contribution in [0.25, 0.3) is 0 Å². The Bertz CT molecular complexity index is 934. The Kier molecular flexibility index (Phi) is 5.72. The van der Waals surface area contributed by atoms with Crippen LogP contribution in [-0.4, -0.2) is 33.2 Å². The molecule has 1 heterocycles. The highest BCUT2D eigenvalue weighted by atomic mass is 32.2. The van der Waals surface area contributed by atoms with Crippen LogP contribution in [0.2, 0.25) is 0 Å². The Morgan fingerprint density at radius 3 is 2.45 bits per heavy atom. The third-order valence-electron chi connectivity index (χ3n) is 5.15. The van der Waals surface area contributed by atoms with Crippen molar-refractivity contribution in [3.63, 3.8) is 0 Å². The van der Waals surface area contributed by atoms with Gasteiger partial charge in [0.15, 0.2) is 5.17 Å². The maximum Gasteiger partial charge on any atom is 0.242 e. The first kappa shape index (κ1) is 19.7. The summed E-state index contributed by atoms with van der Waals surface area (Å²) in [4.78, 5) is 32.0. The molecular formula is C23H25N3O2S. The molecule has 0 spiro atoms. The van der Waals surface area contributed by atoms with Crippen molar-refractivity contribution in [1.82, 2.24) is 4.90 Å². The minimum Gasteiger partial charge on any atom is -0.326 e. The Morgan fingerprint density at radius 2 is 1.83 bits per heavy atom. The monoisotopic (exact) mass is 407 g/mol. The minimum absolute atomic E-state index is 0.000449. The lowest BCUT2D eigenvalue weighted by atomic mass is 10.2. The third kappa shape index (κ3) is 4.70. The minimum atomic E-state index is -0.422. The van der Waals surface area contributed by atoms with Crippen LogP contribution in [0.15, 0.2) is 53.5 Å². The van der Waals surface area contributed by atoms with E-state index < -0.39 is 5.25 Å². The normalized spacial score (nSPS) is 20.3. The number of anilines is 1. The summed E-state index contributed by atoms with van der Waals surface area (Å²) < 4.78 is 0. The molecule has 150 valence electrons. The summed E-state index contributed by atoms with van der Waals surface area (Å²) in [7, 11) is 0.